The van der Waals surface area contributed by atoms with E-state index in [1.165, 1.54) is 6.39 Å². The average Bonchev–Trinajstić information content (AvgIpc) is 2.79. The third kappa shape index (κ3) is 1.62. The van der Waals surface area contributed by atoms with Crippen LogP contribution in [0.2, 0.25) is 0 Å². The summed E-state index contributed by atoms with van der Waals surface area (Å²) in [6.07, 6.45) is 1.21. The molecule has 16 heavy (non-hydrogen) atoms. The fourth-order valence-electron chi connectivity index (χ4n) is 1.22. The number of hydrogen-bond donors (Lipinski definition) is 3. The number of rotatable bonds is 2. The molecule has 0 saturated carbocycles. The highest BCUT2D eigenvalue weighted by Gasteiger charge is 2.17. The Morgan fingerprint density at radius 3 is 2.81 bits per heavy atom. The minimum Gasteiger partial charge on any atom is -0.438 e. The highest BCUT2D eigenvalue weighted by atomic mass is 16.3. The van der Waals surface area contributed by atoms with Crippen LogP contribution in [-0.2, 0) is 0 Å². The van der Waals surface area contributed by atoms with Gasteiger partial charge in [0.1, 0.15) is 0 Å². The van der Waals surface area contributed by atoms with Gasteiger partial charge in [-0.15, -0.1) is 0 Å². The number of carbonyl (C=O) groups is 1. The number of carbonyl (C=O) groups excluding carboxylic acids is 1. The molecule has 0 spiro atoms. The van der Waals surface area contributed by atoms with E-state index in [9.17, 15) is 4.79 Å². The summed E-state index contributed by atoms with van der Waals surface area (Å²) in [5.74, 6) is 0.0200. The van der Waals surface area contributed by atoms with Gasteiger partial charge in [-0.25, -0.2) is 4.98 Å². The van der Waals surface area contributed by atoms with Crippen molar-refractivity contribution in [3.05, 3.63) is 23.5 Å². The maximum atomic E-state index is 11.7. The lowest BCUT2D eigenvalue weighted by Crippen LogP contribution is -2.13. The number of oxazole rings is 1. The lowest BCUT2D eigenvalue weighted by Gasteiger charge is -2.00. The number of nitrogens with one attached hydrogen (secondary N) is 2. The Labute approximate surface area is 91.0 Å². The Kier molecular flexibility index (Phi) is 2.35. The Morgan fingerprint density at radius 2 is 2.31 bits per heavy atom. The molecular formula is C9H11N5O2. The number of nitrogen functional groups attached to an aromatic ring is 1. The van der Waals surface area contributed by atoms with Crippen LogP contribution in [0.3, 0.4) is 0 Å². The zero-order chi connectivity index (χ0) is 11.7. The van der Waals surface area contributed by atoms with Crippen LogP contribution >= 0.6 is 0 Å². The van der Waals surface area contributed by atoms with Crippen molar-refractivity contribution in [3.63, 3.8) is 0 Å². The second kappa shape index (κ2) is 3.69. The second-order valence-corrected chi connectivity index (χ2v) is 3.33. The number of hydrogen-bond acceptors (Lipinski definition) is 5. The molecule has 0 radical (unpaired) electrons. The van der Waals surface area contributed by atoms with Gasteiger partial charge in [0.25, 0.3) is 5.91 Å². The van der Waals surface area contributed by atoms with Gasteiger partial charge in [0.15, 0.2) is 12.2 Å². The van der Waals surface area contributed by atoms with Crippen LogP contribution in [0.5, 0.6) is 0 Å². The van der Waals surface area contributed by atoms with E-state index < -0.39 is 5.91 Å². The first-order valence-electron chi connectivity index (χ1n) is 4.61. The number of nitrogens with zero attached hydrogens (tertiary/aromatic N) is 2. The maximum absolute atomic E-state index is 11.7. The normalized spacial score (nSPS) is 10.4. The van der Waals surface area contributed by atoms with Gasteiger partial charge >= 0.3 is 0 Å². The zero-order valence-electron chi connectivity index (χ0n) is 8.87. The quantitative estimate of drug-likeness (QED) is 0.696. The van der Waals surface area contributed by atoms with E-state index >= 15 is 0 Å². The summed E-state index contributed by atoms with van der Waals surface area (Å²) >= 11 is 0. The molecule has 0 saturated heterocycles. The van der Waals surface area contributed by atoms with Crippen molar-refractivity contribution >= 4 is 17.4 Å². The molecular weight excluding hydrogens is 210 g/mol. The molecule has 0 unspecified atom stereocenters. The number of aryl methyl sites for hydroxylation is 2. The van der Waals surface area contributed by atoms with Gasteiger partial charge in [-0.2, -0.15) is 5.10 Å². The van der Waals surface area contributed by atoms with Crippen molar-refractivity contribution in [1.82, 2.24) is 15.2 Å². The van der Waals surface area contributed by atoms with Crippen molar-refractivity contribution in [2.45, 2.75) is 13.8 Å². The molecule has 2 rings (SSSR count). The molecule has 0 aliphatic heterocycles. The fraction of sp³-hybridized carbons (Fsp3) is 0.222. The highest BCUT2D eigenvalue weighted by Crippen LogP contribution is 2.19. The van der Waals surface area contributed by atoms with Crippen LogP contribution in [0.4, 0.5) is 11.5 Å². The molecule has 0 aliphatic rings. The second-order valence-electron chi connectivity index (χ2n) is 3.33. The van der Waals surface area contributed by atoms with E-state index in [1.807, 2.05) is 0 Å². The van der Waals surface area contributed by atoms with Crippen LogP contribution in [0.15, 0.2) is 10.8 Å². The van der Waals surface area contributed by atoms with Crippen LogP contribution in [0.1, 0.15) is 21.9 Å². The van der Waals surface area contributed by atoms with Crippen molar-refractivity contribution < 1.29 is 9.21 Å². The van der Waals surface area contributed by atoms with Crippen LogP contribution in [0, 0.1) is 13.8 Å². The summed E-state index contributed by atoms with van der Waals surface area (Å²) in [6, 6.07) is 0. The highest BCUT2D eigenvalue weighted by molar-refractivity contribution is 6.03. The summed E-state index contributed by atoms with van der Waals surface area (Å²) in [5, 5.41) is 9.05. The predicted octanol–water partition coefficient (Wildman–Crippen LogP) is 0.849. The number of H-pyrrole nitrogens is 1. The molecule has 2 heterocycles. The minimum atomic E-state index is -0.423. The number of nitrogens with two attached hydrogens (primary N) is 1. The summed E-state index contributed by atoms with van der Waals surface area (Å²) in [7, 11) is 0. The molecule has 4 N–H and O–H groups in total. The van der Waals surface area contributed by atoms with Gasteiger partial charge in [0, 0.05) is 0 Å². The minimum absolute atomic E-state index is 0.153. The third-order valence-corrected chi connectivity index (χ3v) is 2.18. The molecule has 84 valence electrons. The van der Waals surface area contributed by atoms with Crippen LogP contribution in [-0.4, -0.2) is 21.1 Å². The number of aromatic nitrogens is 3. The molecule has 0 aromatic carbocycles. The van der Waals surface area contributed by atoms with Gasteiger partial charge in [-0.3, -0.25) is 9.89 Å². The third-order valence-electron chi connectivity index (χ3n) is 2.18. The standard InChI is InChI=1S/C9H11N5O2/c1-4-6(10)8(14-13-4)12-9(15)7-5(2)11-3-16-7/h3H,10H2,1-2H3,(H2,12,13,14,15). The van der Waals surface area contributed by atoms with Gasteiger partial charge < -0.3 is 15.5 Å². The van der Waals surface area contributed by atoms with E-state index in [4.69, 9.17) is 10.2 Å². The molecule has 0 aliphatic carbocycles. The summed E-state index contributed by atoms with van der Waals surface area (Å²) in [4.78, 5) is 15.5. The summed E-state index contributed by atoms with van der Waals surface area (Å²) in [5.41, 5.74) is 7.31. The molecule has 7 heteroatoms. The van der Waals surface area contributed by atoms with Gasteiger partial charge in [0.2, 0.25) is 5.76 Å². The number of aromatic amines is 1. The SMILES string of the molecule is Cc1ncoc1C(=O)Nc1n[nH]c(C)c1N. The largest absolute Gasteiger partial charge is 0.438 e. The summed E-state index contributed by atoms with van der Waals surface area (Å²) in [6.45, 7) is 3.44. The predicted molar refractivity (Wildman–Crippen MR) is 56.9 cm³/mol. The monoisotopic (exact) mass is 221 g/mol. The number of amides is 1. The lowest BCUT2D eigenvalue weighted by molar-refractivity contribution is 0.0995. The van der Waals surface area contributed by atoms with E-state index in [1.54, 1.807) is 13.8 Å². The van der Waals surface area contributed by atoms with Crippen molar-refractivity contribution in [2.75, 3.05) is 11.1 Å². The molecule has 0 bridgehead atoms. The van der Waals surface area contributed by atoms with Gasteiger partial charge in [-0.1, -0.05) is 0 Å². The number of anilines is 2. The zero-order valence-corrected chi connectivity index (χ0v) is 8.87. The smallest absolute Gasteiger partial charge is 0.294 e. The molecule has 7 nitrogen and oxygen atoms in total. The fourth-order valence-corrected chi connectivity index (χ4v) is 1.22. The summed E-state index contributed by atoms with van der Waals surface area (Å²) < 4.78 is 4.94. The van der Waals surface area contributed by atoms with Crippen LogP contribution < -0.4 is 11.1 Å². The Morgan fingerprint density at radius 1 is 1.56 bits per heavy atom. The molecule has 2 aromatic rings. The molecule has 0 fully saturated rings. The average molecular weight is 221 g/mol. The van der Waals surface area contributed by atoms with Gasteiger partial charge in [0.05, 0.1) is 17.1 Å². The maximum Gasteiger partial charge on any atom is 0.294 e. The van der Waals surface area contributed by atoms with E-state index in [-0.39, 0.29) is 5.76 Å². The van der Waals surface area contributed by atoms with E-state index in [0.717, 1.165) is 0 Å². The molecule has 1 amide bonds. The van der Waals surface area contributed by atoms with Gasteiger partial charge in [-0.05, 0) is 13.8 Å². The molecule has 2 aromatic heterocycles. The van der Waals surface area contributed by atoms with E-state index in [2.05, 4.69) is 20.5 Å². The Hall–Kier alpha value is -2.31. The van der Waals surface area contributed by atoms with Crippen molar-refractivity contribution in [3.8, 4) is 0 Å². The Bertz CT molecular complexity index is 528. The Balaban J connectivity index is 2.20. The first-order valence-corrected chi connectivity index (χ1v) is 4.61. The first-order chi connectivity index (χ1) is 7.59. The lowest BCUT2D eigenvalue weighted by atomic mass is 10.3. The van der Waals surface area contributed by atoms with Crippen molar-refractivity contribution in [1.29, 1.82) is 0 Å². The first kappa shape index (κ1) is 10.2. The van der Waals surface area contributed by atoms with E-state index in [0.29, 0.717) is 22.9 Å². The van der Waals surface area contributed by atoms with Crippen LogP contribution in [0.25, 0.3) is 0 Å². The topological polar surface area (TPSA) is 110 Å². The molecule has 0 atom stereocenters. The van der Waals surface area contributed by atoms with Crippen molar-refractivity contribution in [2.24, 2.45) is 0 Å².